The van der Waals surface area contributed by atoms with E-state index in [0.29, 0.717) is 17.5 Å². The lowest BCUT2D eigenvalue weighted by atomic mass is 10.1. The third-order valence-corrected chi connectivity index (χ3v) is 4.67. The molecule has 0 spiro atoms. The highest BCUT2D eigenvalue weighted by Crippen LogP contribution is 2.24. The first kappa shape index (κ1) is 20.4. The van der Waals surface area contributed by atoms with E-state index in [2.05, 4.69) is 21.5 Å². The number of aryl methyl sites for hydroxylation is 2. The van der Waals surface area contributed by atoms with Crippen molar-refractivity contribution in [1.82, 2.24) is 15.5 Å². The van der Waals surface area contributed by atoms with Crippen LogP contribution in [0, 0.1) is 20.8 Å². The number of nitrogens with one attached hydrogen (secondary N) is 1. The van der Waals surface area contributed by atoms with E-state index in [0.717, 1.165) is 28.0 Å². The summed E-state index contributed by atoms with van der Waals surface area (Å²) < 4.78 is 16.2. The van der Waals surface area contributed by atoms with Crippen LogP contribution in [0.2, 0.25) is 0 Å². The molecule has 3 aromatic rings. The predicted octanol–water partition coefficient (Wildman–Crippen LogP) is 3.75. The first-order valence-corrected chi connectivity index (χ1v) is 9.36. The van der Waals surface area contributed by atoms with Gasteiger partial charge in [0.05, 0.1) is 13.7 Å². The van der Waals surface area contributed by atoms with Gasteiger partial charge in [-0.3, -0.25) is 4.79 Å². The SMILES string of the molecule is COc1ccc(-c2noc(CNC(=O)C(C)Oc3cc(C)cc(C)c3C)n2)cc1. The van der Waals surface area contributed by atoms with Crippen molar-refractivity contribution in [2.24, 2.45) is 0 Å². The first-order chi connectivity index (χ1) is 13.9. The van der Waals surface area contributed by atoms with Crippen LogP contribution >= 0.6 is 0 Å². The average Bonchev–Trinajstić information content (AvgIpc) is 3.19. The summed E-state index contributed by atoms with van der Waals surface area (Å²) in [5.41, 5.74) is 4.04. The van der Waals surface area contributed by atoms with Gasteiger partial charge >= 0.3 is 0 Å². The normalized spacial score (nSPS) is 11.8. The Labute approximate surface area is 170 Å². The van der Waals surface area contributed by atoms with Crippen molar-refractivity contribution < 1.29 is 18.8 Å². The Morgan fingerprint density at radius 2 is 1.90 bits per heavy atom. The number of rotatable bonds is 7. The fraction of sp³-hybridized carbons (Fsp3) is 0.318. The van der Waals surface area contributed by atoms with Gasteiger partial charge in [0, 0.05) is 5.56 Å². The van der Waals surface area contributed by atoms with Crippen molar-refractivity contribution in [3.8, 4) is 22.9 Å². The van der Waals surface area contributed by atoms with Gasteiger partial charge in [-0.25, -0.2) is 0 Å². The van der Waals surface area contributed by atoms with Gasteiger partial charge in [-0.15, -0.1) is 0 Å². The number of aromatic nitrogens is 2. The smallest absolute Gasteiger partial charge is 0.261 e. The van der Waals surface area contributed by atoms with Crippen molar-refractivity contribution in [3.05, 3.63) is 59.0 Å². The lowest BCUT2D eigenvalue weighted by molar-refractivity contribution is -0.127. The van der Waals surface area contributed by atoms with E-state index < -0.39 is 6.10 Å². The molecule has 0 fully saturated rings. The molecule has 0 bridgehead atoms. The van der Waals surface area contributed by atoms with Gasteiger partial charge in [0.1, 0.15) is 11.5 Å². The summed E-state index contributed by atoms with van der Waals surface area (Å²) in [6.07, 6.45) is -0.654. The Balaban J connectivity index is 1.58. The van der Waals surface area contributed by atoms with Crippen LogP contribution in [-0.2, 0) is 11.3 Å². The molecule has 1 aromatic heterocycles. The molecule has 0 saturated heterocycles. The minimum absolute atomic E-state index is 0.127. The maximum atomic E-state index is 12.4. The summed E-state index contributed by atoms with van der Waals surface area (Å²) in [5, 5.41) is 6.72. The predicted molar refractivity (Wildman–Crippen MR) is 109 cm³/mol. The molecule has 0 aliphatic heterocycles. The molecular formula is C22H25N3O4. The van der Waals surface area contributed by atoms with Crippen molar-refractivity contribution in [3.63, 3.8) is 0 Å². The Morgan fingerprint density at radius 3 is 2.59 bits per heavy atom. The quantitative estimate of drug-likeness (QED) is 0.656. The maximum absolute atomic E-state index is 12.4. The molecule has 0 aliphatic rings. The van der Waals surface area contributed by atoms with Crippen LogP contribution in [0.5, 0.6) is 11.5 Å². The lowest BCUT2D eigenvalue weighted by Gasteiger charge is -2.17. The second-order valence-corrected chi connectivity index (χ2v) is 6.92. The number of carbonyl (C=O) groups is 1. The highest BCUT2D eigenvalue weighted by Gasteiger charge is 2.18. The number of amides is 1. The Morgan fingerprint density at radius 1 is 1.17 bits per heavy atom. The molecule has 7 heteroatoms. The molecule has 3 rings (SSSR count). The molecule has 1 N–H and O–H groups in total. The molecule has 0 saturated carbocycles. The first-order valence-electron chi connectivity index (χ1n) is 9.36. The Bertz CT molecular complexity index is 996. The minimum atomic E-state index is -0.654. The van der Waals surface area contributed by atoms with Gasteiger partial charge in [0.2, 0.25) is 11.7 Å². The van der Waals surface area contributed by atoms with Crippen LogP contribution in [0.25, 0.3) is 11.4 Å². The molecular weight excluding hydrogens is 370 g/mol. The molecule has 2 aromatic carbocycles. The van der Waals surface area contributed by atoms with E-state index in [4.69, 9.17) is 14.0 Å². The van der Waals surface area contributed by atoms with Gasteiger partial charge in [-0.05, 0) is 74.7 Å². The van der Waals surface area contributed by atoms with Gasteiger partial charge < -0.3 is 19.3 Å². The molecule has 29 heavy (non-hydrogen) atoms. The summed E-state index contributed by atoms with van der Waals surface area (Å²) in [4.78, 5) is 16.7. The zero-order chi connectivity index (χ0) is 21.0. The van der Waals surface area contributed by atoms with Crippen LogP contribution in [0.4, 0.5) is 0 Å². The van der Waals surface area contributed by atoms with Crippen LogP contribution in [0.3, 0.4) is 0 Å². The highest BCUT2D eigenvalue weighted by atomic mass is 16.5. The minimum Gasteiger partial charge on any atom is -0.497 e. The van der Waals surface area contributed by atoms with E-state index in [1.165, 1.54) is 0 Å². The van der Waals surface area contributed by atoms with E-state index in [1.807, 2.05) is 51.1 Å². The zero-order valence-electron chi connectivity index (χ0n) is 17.3. The molecule has 0 radical (unpaired) electrons. The second-order valence-electron chi connectivity index (χ2n) is 6.92. The fourth-order valence-electron chi connectivity index (χ4n) is 2.86. The summed E-state index contributed by atoms with van der Waals surface area (Å²) in [6, 6.07) is 11.3. The van der Waals surface area contributed by atoms with Crippen molar-refractivity contribution >= 4 is 5.91 Å². The number of nitrogens with zero attached hydrogens (tertiary/aromatic N) is 2. The lowest BCUT2D eigenvalue weighted by Crippen LogP contribution is -2.36. The van der Waals surface area contributed by atoms with Crippen molar-refractivity contribution in [2.75, 3.05) is 7.11 Å². The topological polar surface area (TPSA) is 86.5 Å². The van der Waals surface area contributed by atoms with Gasteiger partial charge in [-0.2, -0.15) is 4.98 Å². The summed E-state index contributed by atoms with van der Waals surface area (Å²) in [7, 11) is 1.61. The molecule has 1 atom stereocenters. The fourth-order valence-corrected chi connectivity index (χ4v) is 2.86. The molecule has 0 aliphatic carbocycles. The second kappa shape index (κ2) is 8.77. The van der Waals surface area contributed by atoms with Crippen molar-refractivity contribution in [1.29, 1.82) is 0 Å². The molecule has 7 nitrogen and oxygen atoms in total. The van der Waals surface area contributed by atoms with E-state index in [-0.39, 0.29) is 12.5 Å². The summed E-state index contributed by atoms with van der Waals surface area (Å²) in [5.74, 6) is 1.97. The molecule has 152 valence electrons. The molecule has 1 unspecified atom stereocenters. The summed E-state index contributed by atoms with van der Waals surface area (Å²) >= 11 is 0. The maximum Gasteiger partial charge on any atom is 0.261 e. The van der Waals surface area contributed by atoms with Crippen LogP contribution in [0.1, 0.15) is 29.5 Å². The number of methoxy groups -OCH3 is 1. The number of hydrogen-bond acceptors (Lipinski definition) is 6. The highest BCUT2D eigenvalue weighted by molar-refractivity contribution is 5.80. The van der Waals surface area contributed by atoms with Crippen molar-refractivity contribution in [2.45, 2.75) is 40.3 Å². The van der Waals surface area contributed by atoms with Crippen LogP contribution in [0.15, 0.2) is 40.9 Å². The Hall–Kier alpha value is -3.35. The number of carbonyl (C=O) groups excluding carboxylic acids is 1. The van der Waals surface area contributed by atoms with E-state index in [9.17, 15) is 4.79 Å². The monoisotopic (exact) mass is 395 g/mol. The average molecular weight is 395 g/mol. The molecule has 1 amide bonds. The third-order valence-electron chi connectivity index (χ3n) is 4.67. The Kier molecular flexibility index (Phi) is 6.16. The van der Waals surface area contributed by atoms with Gasteiger partial charge in [0.25, 0.3) is 5.91 Å². The van der Waals surface area contributed by atoms with E-state index in [1.54, 1.807) is 14.0 Å². The van der Waals surface area contributed by atoms with Crippen LogP contribution < -0.4 is 14.8 Å². The van der Waals surface area contributed by atoms with Crippen LogP contribution in [-0.4, -0.2) is 29.3 Å². The van der Waals surface area contributed by atoms with Gasteiger partial charge in [0.15, 0.2) is 6.10 Å². The zero-order valence-corrected chi connectivity index (χ0v) is 17.3. The number of ether oxygens (including phenoxy) is 2. The number of hydrogen-bond donors (Lipinski definition) is 1. The van der Waals surface area contributed by atoms with E-state index >= 15 is 0 Å². The number of benzene rings is 2. The summed E-state index contributed by atoms with van der Waals surface area (Å²) in [6.45, 7) is 7.84. The standard InChI is InChI=1S/C22H25N3O4/c1-13-10-14(2)15(3)19(11-13)28-16(4)22(26)23-12-20-24-21(25-29-20)17-6-8-18(27-5)9-7-17/h6-11,16H,12H2,1-5H3,(H,23,26). The molecule has 1 heterocycles. The van der Waals surface area contributed by atoms with Gasteiger partial charge in [-0.1, -0.05) is 11.2 Å². The largest absolute Gasteiger partial charge is 0.497 e. The third kappa shape index (κ3) is 4.93.